The van der Waals surface area contributed by atoms with Crippen molar-refractivity contribution in [3.8, 4) is 79.0 Å². The van der Waals surface area contributed by atoms with E-state index in [1.54, 1.807) is 0 Å². The van der Waals surface area contributed by atoms with Gasteiger partial charge in [0.15, 0.2) is 17.5 Å². The van der Waals surface area contributed by atoms with Crippen molar-refractivity contribution in [3.63, 3.8) is 0 Å². The maximum absolute atomic E-state index is 6.62. The summed E-state index contributed by atoms with van der Waals surface area (Å²) in [6, 6.07) is 70.0. The van der Waals surface area contributed by atoms with E-state index >= 15 is 0 Å². The SMILES string of the molecule is CC1(c2ccc(-c3nc(-c4cccc(-c5ccccc5)c4)nc(-c4cccc(-c5cccc6c5-c5ccccc5C65c6ccccc6Oc6ccccc65)c4)n3)cc2)C[C@@H]2CC3C[C@@H](C1)C32. The van der Waals surface area contributed by atoms with Crippen molar-refractivity contribution >= 4 is 0 Å². The molecule has 2 atom stereocenters. The van der Waals surface area contributed by atoms with Crippen LogP contribution in [-0.4, -0.2) is 15.0 Å². The lowest BCUT2D eigenvalue weighted by Crippen LogP contribution is -2.58. The predicted octanol–water partition coefficient (Wildman–Crippen LogP) is 15.0. The Morgan fingerprint density at radius 2 is 0.909 bits per heavy atom. The summed E-state index contributed by atoms with van der Waals surface area (Å²) in [5.74, 6) is 7.63. The Morgan fingerprint density at radius 1 is 0.409 bits per heavy atom. The summed E-state index contributed by atoms with van der Waals surface area (Å²) in [7, 11) is 0. The first kappa shape index (κ1) is 37.9. The van der Waals surface area contributed by atoms with Gasteiger partial charge in [0.25, 0.3) is 0 Å². The van der Waals surface area contributed by atoms with E-state index in [1.165, 1.54) is 59.1 Å². The quantitative estimate of drug-likeness (QED) is 0.167. The van der Waals surface area contributed by atoms with Gasteiger partial charge in [-0.1, -0.05) is 177 Å². The summed E-state index contributed by atoms with van der Waals surface area (Å²) in [5.41, 5.74) is 15.9. The van der Waals surface area contributed by atoms with E-state index in [0.29, 0.717) is 17.5 Å². The van der Waals surface area contributed by atoms with Crippen molar-refractivity contribution in [1.29, 1.82) is 0 Å². The Labute approximate surface area is 386 Å². The monoisotopic (exact) mass is 849 g/mol. The van der Waals surface area contributed by atoms with E-state index in [4.69, 9.17) is 19.7 Å². The minimum atomic E-state index is -0.541. The third-order valence-corrected chi connectivity index (χ3v) is 16.3. The molecule has 316 valence electrons. The fraction of sp³-hybridized carbons (Fsp3) is 0.177. The van der Waals surface area contributed by atoms with Gasteiger partial charge < -0.3 is 4.74 Å². The first-order valence-electron chi connectivity index (χ1n) is 23.8. The molecule has 0 saturated heterocycles. The van der Waals surface area contributed by atoms with E-state index < -0.39 is 5.41 Å². The third kappa shape index (κ3) is 5.54. The second-order valence-corrected chi connectivity index (χ2v) is 19.8. The molecule has 1 aromatic heterocycles. The number of ether oxygens (including phenoxy) is 1. The molecule has 0 bridgehead atoms. The van der Waals surface area contributed by atoms with E-state index in [9.17, 15) is 0 Å². The first-order chi connectivity index (χ1) is 32.5. The molecule has 0 unspecified atom stereocenters. The van der Waals surface area contributed by atoms with Crippen LogP contribution in [0.3, 0.4) is 0 Å². The van der Waals surface area contributed by atoms with E-state index in [1.807, 2.05) is 0 Å². The predicted molar refractivity (Wildman–Crippen MR) is 264 cm³/mol. The van der Waals surface area contributed by atoms with Crippen LogP contribution in [0, 0.1) is 23.7 Å². The number of hydrogen-bond donors (Lipinski definition) is 0. The molecule has 4 heteroatoms. The van der Waals surface area contributed by atoms with Crippen LogP contribution < -0.4 is 4.74 Å². The van der Waals surface area contributed by atoms with Crippen LogP contribution in [0.25, 0.3) is 67.5 Å². The van der Waals surface area contributed by atoms with Crippen molar-refractivity contribution < 1.29 is 4.74 Å². The van der Waals surface area contributed by atoms with Gasteiger partial charge >= 0.3 is 0 Å². The molecule has 3 saturated carbocycles. The molecule has 2 heterocycles. The van der Waals surface area contributed by atoms with Gasteiger partial charge in [0.05, 0.1) is 5.41 Å². The molecule has 0 N–H and O–H groups in total. The summed E-state index contributed by atoms with van der Waals surface area (Å²) >= 11 is 0. The smallest absolute Gasteiger partial charge is 0.164 e. The fourth-order valence-electron chi connectivity index (χ4n) is 13.4. The van der Waals surface area contributed by atoms with E-state index in [0.717, 1.165) is 79.7 Å². The Hall–Kier alpha value is -7.43. The van der Waals surface area contributed by atoms with Crippen LogP contribution in [0.1, 0.15) is 60.4 Å². The molecule has 3 fully saturated rings. The second-order valence-electron chi connectivity index (χ2n) is 19.8. The van der Waals surface area contributed by atoms with Gasteiger partial charge in [-0.15, -0.1) is 0 Å². The molecule has 4 nitrogen and oxygen atoms in total. The van der Waals surface area contributed by atoms with Crippen LogP contribution in [0.5, 0.6) is 11.5 Å². The zero-order valence-corrected chi connectivity index (χ0v) is 36.9. The maximum atomic E-state index is 6.62. The number of rotatable bonds is 6. The largest absolute Gasteiger partial charge is 0.457 e. The molecule has 14 rings (SSSR count). The highest BCUT2D eigenvalue weighted by Crippen LogP contribution is 2.67. The molecular formula is C62H47N3O. The molecule has 1 aliphatic heterocycles. The number of fused-ring (bicyclic) bond motifs is 9. The molecule has 0 amide bonds. The highest BCUT2D eigenvalue weighted by molar-refractivity contribution is 5.97. The summed E-state index contributed by atoms with van der Waals surface area (Å²) in [5, 5.41) is 0. The summed E-state index contributed by atoms with van der Waals surface area (Å²) in [6.07, 6.45) is 5.50. The Bertz CT molecular complexity index is 3350. The van der Waals surface area contributed by atoms with Gasteiger partial charge in [-0.05, 0) is 129 Å². The Kier molecular flexibility index (Phi) is 8.20. The van der Waals surface area contributed by atoms with Crippen LogP contribution in [-0.2, 0) is 10.8 Å². The van der Waals surface area contributed by atoms with Crippen LogP contribution in [0.4, 0.5) is 0 Å². The number of para-hydroxylation sites is 2. The third-order valence-electron chi connectivity index (χ3n) is 16.3. The standard InChI is InChI=1S/C62H47N3O/c1-61(36-45-34-44-35-46(37-61)56(44)45)47-30-28-39(29-31-47)58-63-59(42-18-11-16-40(32-42)38-14-3-2-4-15-38)65-60(64-58)43-19-12-17-41(33-43)48-21-13-25-53-57(48)49-20-5-6-22-50(49)62(53)51-23-7-9-26-54(51)66-55-27-10-8-24-52(55)62/h2-33,44-46,56H,34-37H2,1H3/t44?,45-,46-,56?,61?/m0/s1. The second kappa shape index (κ2) is 14.3. The highest BCUT2D eigenvalue weighted by atomic mass is 16.5. The molecule has 8 aromatic carbocycles. The van der Waals surface area contributed by atoms with Crippen molar-refractivity contribution in [2.45, 2.75) is 43.4 Å². The van der Waals surface area contributed by atoms with Crippen molar-refractivity contribution in [2.75, 3.05) is 0 Å². The average molecular weight is 850 g/mol. The Balaban J connectivity index is 0.906. The Morgan fingerprint density at radius 3 is 1.58 bits per heavy atom. The molecule has 9 aromatic rings. The molecule has 66 heavy (non-hydrogen) atoms. The lowest BCUT2D eigenvalue weighted by molar-refractivity contribution is -0.141. The van der Waals surface area contributed by atoms with Crippen molar-refractivity contribution in [3.05, 3.63) is 222 Å². The topological polar surface area (TPSA) is 47.9 Å². The number of hydrogen-bond acceptors (Lipinski definition) is 4. The zero-order chi connectivity index (χ0) is 43.6. The fourth-order valence-corrected chi connectivity index (χ4v) is 13.4. The summed E-state index contributed by atoms with van der Waals surface area (Å²) in [6.45, 7) is 2.51. The van der Waals surface area contributed by atoms with Crippen LogP contribution in [0.15, 0.2) is 194 Å². The van der Waals surface area contributed by atoms with Crippen LogP contribution in [0.2, 0.25) is 0 Å². The zero-order valence-electron chi connectivity index (χ0n) is 36.9. The molecular weight excluding hydrogens is 803 g/mol. The van der Waals surface area contributed by atoms with Gasteiger partial charge in [-0.3, -0.25) is 0 Å². The molecule has 4 aliphatic carbocycles. The number of benzene rings is 8. The van der Waals surface area contributed by atoms with Crippen molar-refractivity contribution in [2.24, 2.45) is 23.7 Å². The number of aromatic nitrogens is 3. The van der Waals surface area contributed by atoms with Gasteiger partial charge in [0.2, 0.25) is 0 Å². The number of nitrogens with zero attached hydrogens (tertiary/aromatic N) is 3. The minimum Gasteiger partial charge on any atom is -0.457 e. The summed E-state index contributed by atoms with van der Waals surface area (Å²) < 4.78 is 6.62. The van der Waals surface area contributed by atoms with Crippen molar-refractivity contribution in [1.82, 2.24) is 15.0 Å². The van der Waals surface area contributed by atoms with Gasteiger partial charge in [0, 0.05) is 27.8 Å². The lowest BCUT2D eigenvalue weighted by atomic mass is 9.39. The first-order valence-corrected chi connectivity index (χ1v) is 23.8. The van der Waals surface area contributed by atoms with Gasteiger partial charge in [-0.2, -0.15) is 0 Å². The highest BCUT2D eigenvalue weighted by Gasteiger charge is 2.59. The molecule has 1 spiro atoms. The summed E-state index contributed by atoms with van der Waals surface area (Å²) in [4.78, 5) is 15.9. The lowest BCUT2D eigenvalue weighted by Gasteiger charge is -2.65. The molecule has 5 aliphatic rings. The van der Waals surface area contributed by atoms with E-state index in [-0.39, 0.29) is 5.41 Å². The van der Waals surface area contributed by atoms with E-state index in [2.05, 4.69) is 201 Å². The molecule has 0 radical (unpaired) electrons. The minimum absolute atomic E-state index is 0.221. The van der Waals surface area contributed by atoms with Gasteiger partial charge in [-0.25, -0.2) is 15.0 Å². The van der Waals surface area contributed by atoms with Gasteiger partial charge in [0.1, 0.15) is 11.5 Å². The normalized spacial score (nSPS) is 22.1. The maximum Gasteiger partial charge on any atom is 0.164 e. The van der Waals surface area contributed by atoms with Crippen LogP contribution >= 0.6 is 0 Å². The average Bonchev–Trinajstić information content (AvgIpc) is 3.66.